The van der Waals surface area contributed by atoms with Gasteiger partial charge in [-0.3, -0.25) is 14.8 Å². The van der Waals surface area contributed by atoms with Gasteiger partial charge in [0.05, 0.1) is 6.54 Å². The number of hydrogen-bond acceptors (Lipinski definition) is 3. The van der Waals surface area contributed by atoms with Gasteiger partial charge in [0.2, 0.25) is 0 Å². The van der Waals surface area contributed by atoms with E-state index in [1.165, 1.54) is 58.2 Å². The van der Waals surface area contributed by atoms with Crippen LogP contribution in [0.3, 0.4) is 0 Å². The third-order valence-electron chi connectivity index (χ3n) is 6.08. The van der Waals surface area contributed by atoms with Crippen LogP contribution in [-0.2, 0) is 0 Å². The van der Waals surface area contributed by atoms with Gasteiger partial charge in [-0.1, -0.05) is 33.6 Å². The maximum absolute atomic E-state index is 6.17. The molecule has 3 N–H and O–H groups in total. The highest BCUT2D eigenvalue weighted by atomic mass is 15.2. The lowest BCUT2D eigenvalue weighted by molar-refractivity contribution is 0.172. The number of nitrogens with zero attached hydrogens (tertiary/aromatic N) is 3. The maximum atomic E-state index is 6.17. The molecular formula is C19H39N5. The van der Waals surface area contributed by atoms with Crippen LogP contribution in [0.5, 0.6) is 0 Å². The second-order valence-corrected chi connectivity index (χ2v) is 7.42. The fourth-order valence-electron chi connectivity index (χ4n) is 4.48. The maximum Gasteiger partial charge on any atom is 0.188 e. The highest BCUT2D eigenvalue weighted by Crippen LogP contribution is 2.23. The van der Waals surface area contributed by atoms with Gasteiger partial charge in [-0.05, 0) is 57.8 Å². The normalized spacial score (nSPS) is 24.8. The Kier molecular flexibility index (Phi) is 8.33. The van der Waals surface area contributed by atoms with Crippen LogP contribution in [0.1, 0.15) is 59.3 Å². The van der Waals surface area contributed by atoms with E-state index in [9.17, 15) is 0 Å². The molecule has 140 valence electrons. The molecule has 24 heavy (non-hydrogen) atoms. The Bertz CT molecular complexity index is 372. The van der Waals surface area contributed by atoms with Gasteiger partial charge in [-0.15, -0.1) is 0 Å². The van der Waals surface area contributed by atoms with Crippen molar-refractivity contribution in [2.45, 2.75) is 71.4 Å². The van der Waals surface area contributed by atoms with E-state index in [4.69, 9.17) is 10.7 Å². The molecule has 0 aromatic heterocycles. The zero-order valence-corrected chi connectivity index (χ0v) is 16.1. The Balaban J connectivity index is 1.85. The van der Waals surface area contributed by atoms with Gasteiger partial charge < -0.3 is 11.1 Å². The number of nitrogens with two attached hydrogens (primary N) is 1. The minimum atomic E-state index is 0.557. The van der Waals surface area contributed by atoms with Gasteiger partial charge in [0, 0.05) is 18.6 Å². The van der Waals surface area contributed by atoms with Crippen LogP contribution in [0.25, 0.3) is 0 Å². The van der Waals surface area contributed by atoms with E-state index in [0.717, 1.165) is 25.6 Å². The minimum Gasteiger partial charge on any atom is -0.370 e. The lowest BCUT2D eigenvalue weighted by atomic mass is 9.93. The van der Waals surface area contributed by atoms with Crippen LogP contribution in [0.2, 0.25) is 0 Å². The average Bonchev–Trinajstić information content (AvgIpc) is 3.27. The molecule has 0 bridgehead atoms. The van der Waals surface area contributed by atoms with Crippen molar-refractivity contribution in [3.8, 4) is 0 Å². The number of nitrogens with one attached hydrogen (secondary N) is 1. The second kappa shape index (κ2) is 10.2. The number of rotatable bonds is 9. The van der Waals surface area contributed by atoms with Gasteiger partial charge in [-0.2, -0.15) is 0 Å². The first-order chi connectivity index (χ1) is 11.7. The van der Waals surface area contributed by atoms with Crippen LogP contribution in [0, 0.1) is 5.92 Å². The van der Waals surface area contributed by atoms with E-state index in [1.54, 1.807) is 0 Å². The molecular weight excluding hydrogens is 298 g/mol. The van der Waals surface area contributed by atoms with Crippen molar-refractivity contribution >= 4 is 5.96 Å². The lowest BCUT2D eigenvalue weighted by Gasteiger charge is -2.32. The monoisotopic (exact) mass is 337 g/mol. The zero-order chi connectivity index (χ0) is 17.4. The van der Waals surface area contributed by atoms with Crippen LogP contribution >= 0.6 is 0 Å². The Morgan fingerprint density at radius 2 is 1.83 bits per heavy atom. The van der Waals surface area contributed by atoms with Crippen molar-refractivity contribution < 1.29 is 0 Å². The summed E-state index contributed by atoms with van der Waals surface area (Å²) in [4.78, 5) is 9.90. The first kappa shape index (κ1) is 19.5. The van der Waals surface area contributed by atoms with Crippen molar-refractivity contribution in [3.63, 3.8) is 0 Å². The molecule has 2 fully saturated rings. The quantitative estimate of drug-likeness (QED) is 0.501. The van der Waals surface area contributed by atoms with Gasteiger partial charge in [-0.25, -0.2) is 0 Å². The second-order valence-electron chi connectivity index (χ2n) is 7.42. The number of likely N-dealkylation sites (N-methyl/N-ethyl adjacent to an activating group) is 1. The summed E-state index contributed by atoms with van der Waals surface area (Å²) in [5, 5.41) is 3.38. The van der Waals surface area contributed by atoms with Gasteiger partial charge >= 0.3 is 0 Å². The minimum absolute atomic E-state index is 0.557. The van der Waals surface area contributed by atoms with Crippen molar-refractivity contribution in [1.29, 1.82) is 0 Å². The van der Waals surface area contributed by atoms with Gasteiger partial charge in [0.1, 0.15) is 0 Å². The molecule has 0 saturated carbocycles. The third-order valence-corrected chi connectivity index (χ3v) is 6.08. The molecule has 2 atom stereocenters. The SMILES string of the molecule is CCC(CC)C(CN=C(N)NCC1CCCN1CC)N1CCCC1. The van der Waals surface area contributed by atoms with Crippen molar-refractivity contribution in [1.82, 2.24) is 15.1 Å². The van der Waals surface area contributed by atoms with Gasteiger partial charge in [0.15, 0.2) is 5.96 Å². The van der Waals surface area contributed by atoms with E-state index in [0.29, 0.717) is 18.0 Å². The molecule has 2 heterocycles. The summed E-state index contributed by atoms with van der Waals surface area (Å²) in [5.74, 6) is 1.36. The molecule has 0 aliphatic carbocycles. The number of aliphatic imine (C=N–C) groups is 1. The summed E-state index contributed by atoms with van der Waals surface area (Å²) in [6, 6.07) is 1.18. The number of likely N-dealkylation sites (tertiary alicyclic amines) is 2. The topological polar surface area (TPSA) is 56.9 Å². The Hall–Kier alpha value is -0.810. The molecule has 5 heteroatoms. The summed E-state index contributed by atoms with van der Waals surface area (Å²) in [7, 11) is 0. The molecule has 0 aromatic carbocycles. The first-order valence-electron chi connectivity index (χ1n) is 10.2. The lowest BCUT2D eigenvalue weighted by Crippen LogP contribution is -2.44. The molecule has 0 radical (unpaired) electrons. The fourth-order valence-corrected chi connectivity index (χ4v) is 4.48. The fraction of sp³-hybridized carbons (Fsp3) is 0.947. The van der Waals surface area contributed by atoms with Crippen LogP contribution in [0.15, 0.2) is 4.99 Å². The standard InChI is InChI=1S/C19H39N5/c1-4-16(5-2)18(24-11-7-8-12-24)15-22-19(20)21-14-17-10-9-13-23(17)6-3/h16-18H,4-15H2,1-3H3,(H3,20,21,22). The average molecular weight is 338 g/mol. The summed E-state index contributed by atoms with van der Waals surface area (Å²) < 4.78 is 0. The smallest absolute Gasteiger partial charge is 0.188 e. The summed E-state index contributed by atoms with van der Waals surface area (Å²) in [6.07, 6.45) is 7.72. The number of guanidine groups is 1. The Labute approximate surface area is 149 Å². The predicted octanol–water partition coefficient (Wildman–Crippen LogP) is 2.28. The van der Waals surface area contributed by atoms with E-state index < -0.39 is 0 Å². The molecule has 0 aromatic rings. The molecule has 2 aliphatic rings. The first-order valence-corrected chi connectivity index (χ1v) is 10.2. The highest BCUT2D eigenvalue weighted by Gasteiger charge is 2.27. The molecule has 2 unspecified atom stereocenters. The predicted molar refractivity (Wildman–Crippen MR) is 103 cm³/mol. The van der Waals surface area contributed by atoms with Gasteiger partial charge in [0.25, 0.3) is 0 Å². The Morgan fingerprint density at radius 3 is 2.46 bits per heavy atom. The number of hydrogen-bond donors (Lipinski definition) is 2. The molecule has 2 aliphatic heterocycles. The van der Waals surface area contributed by atoms with E-state index in [2.05, 4.69) is 35.9 Å². The van der Waals surface area contributed by atoms with Crippen molar-refractivity contribution in [2.75, 3.05) is 39.3 Å². The van der Waals surface area contributed by atoms with Crippen LogP contribution < -0.4 is 11.1 Å². The van der Waals surface area contributed by atoms with E-state index in [1.807, 2.05) is 0 Å². The van der Waals surface area contributed by atoms with Crippen LogP contribution in [0.4, 0.5) is 0 Å². The largest absolute Gasteiger partial charge is 0.370 e. The Morgan fingerprint density at radius 1 is 1.12 bits per heavy atom. The third kappa shape index (κ3) is 5.35. The summed E-state index contributed by atoms with van der Waals surface area (Å²) in [5.41, 5.74) is 6.17. The van der Waals surface area contributed by atoms with E-state index in [-0.39, 0.29) is 0 Å². The van der Waals surface area contributed by atoms with Crippen molar-refractivity contribution in [2.24, 2.45) is 16.6 Å². The molecule has 2 saturated heterocycles. The summed E-state index contributed by atoms with van der Waals surface area (Å²) >= 11 is 0. The molecule has 2 rings (SSSR count). The zero-order valence-electron chi connectivity index (χ0n) is 16.1. The summed E-state index contributed by atoms with van der Waals surface area (Å²) in [6.45, 7) is 13.5. The molecule has 0 amide bonds. The molecule has 5 nitrogen and oxygen atoms in total. The van der Waals surface area contributed by atoms with E-state index >= 15 is 0 Å². The molecule has 0 spiro atoms. The highest BCUT2D eigenvalue weighted by molar-refractivity contribution is 5.77. The van der Waals surface area contributed by atoms with Crippen molar-refractivity contribution in [3.05, 3.63) is 0 Å². The van der Waals surface area contributed by atoms with Crippen LogP contribution in [-0.4, -0.2) is 67.1 Å².